The van der Waals surface area contributed by atoms with E-state index in [1.807, 2.05) is 18.2 Å². The third-order valence-electron chi connectivity index (χ3n) is 5.57. The highest BCUT2D eigenvalue weighted by atomic mass is 35.5. The van der Waals surface area contributed by atoms with Crippen molar-refractivity contribution in [3.05, 3.63) is 125 Å². The summed E-state index contributed by atoms with van der Waals surface area (Å²) in [6, 6.07) is 29.8. The van der Waals surface area contributed by atoms with E-state index in [1.165, 1.54) is 11.8 Å². The molecule has 0 bridgehead atoms. The summed E-state index contributed by atoms with van der Waals surface area (Å²) in [5.74, 6) is -0.139. The molecule has 0 aliphatic rings. The van der Waals surface area contributed by atoms with Crippen molar-refractivity contribution in [1.82, 2.24) is 5.32 Å². The van der Waals surface area contributed by atoms with Gasteiger partial charge in [0.05, 0.1) is 12.9 Å². The van der Waals surface area contributed by atoms with E-state index in [1.54, 1.807) is 98.1 Å². The van der Waals surface area contributed by atoms with Crippen LogP contribution in [0.1, 0.15) is 15.9 Å². The van der Waals surface area contributed by atoms with E-state index >= 15 is 0 Å². The topological polar surface area (TPSA) is 96.5 Å². The lowest BCUT2D eigenvalue weighted by molar-refractivity contribution is -0.114. The minimum Gasteiger partial charge on any atom is -0.497 e. The van der Waals surface area contributed by atoms with Gasteiger partial charge in [0, 0.05) is 26.9 Å². The summed E-state index contributed by atoms with van der Waals surface area (Å²) in [5, 5.41) is 8.96. The fraction of sp³-hybridized carbons (Fsp3) is 0.0645. The molecule has 0 unspecified atom stereocenters. The molecule has 0 saturated carbocycles. The van der Waals surface area contributed by atoms with Gasteiger partial charge < -0.3 is 20.7 Å². The van der Waals surface area contributed by atoms with Gasteiger partial charge in [0.15, 0.2) is 0 Å². The Morgan fingerprint density at radius 2 is 1.43 bits per heavy atom. The molecule has 0 atom stereocenters. The molecule has 0 saturated heterocycles. The van der Waals surface area contributed by atoms with Crippen LogP contribution in [-0.4, -0.2) is 30.6 Å². The maximum absolute atomic E-state index is 13.2. The van der Waals surface area contributed by atoms with Crippen molar-refractivity contribution in [3.63, 3.8) is 0 Å². The van der Waals surface area contributed by atoms with E-state index in [0.29, 0.717) is 33.3 Å². The van der Waals surface area contributed by atoms with Crippen molar-refractivity contribution in [1.29, 1.82) is 0 Å². The zero-order valence-corrected chi connectivity index (χ0v) is 23.1. The number of hydrogen-bond acceptors (Lipinski definition) is 5. The second-order valence-corrected chi connectivity index (χ2v) is 9.96. The number of carbonyl (C=O) groups excluding carboxylic acids is 3. The molecule has 0 aliphatic heterocycles. The molecule has 0 spiro atoms. The van der Waals surface area contributed by atoms with E-state index in [2.05, 4.69) is 16.0 Å². The summed E-state index contributed by atoms with van der Waals surface area (Å²) in [4.78, 5) is 39.1. The van der Waals surface area contributed by atoms with Gasteiger partial charge in [-0.3, -0.25) is 14.4 Å². The lowest BCUT2D eigenvalue weighted by atomic mass is 10.1. The Morgan fingerprint density at radius 3 is 2.08 bits per heavy atom. The highest BCUT2D eigenvalue weighted by Gasteiger charge is 2.15. The Kier molecular flexibility index (Phi) is 9.99. The molecule has 9 heteroatoms. The van der Waals surface area contributed by atoms with Crippen LogP contribution in [0.15, 0.2) is 114 Å². The maximum Gasteiger partial charge on any atom is 0.272 e. The van der Waals surface area contributed by atoms with Gasteiger partial charge >= 0.3 is 0 Å². The molecule has 40 heavy (non-hydrogen) atoms. The minimum atomic E-state index is -0.483. The summed E-state index contributed by atoms with van der Waals surface area (Å²) >= 11 is 7.24. The van der Waals surface area contributed by atoms with Crippen molar-refractivity contribution >= 4 is 58.5 Å². The van der Waals surface area contributed by atoms with Crippen LogP contribution in [0.5, 0.6) is 5.75 Å². The van der Waals surface area contributed by atoms with Crippen LogP contribution in [0.25, 0.3) is 6.08 Å². The van der Waals surface area contributed by atoms with Crippen LogP contribution in [-0.2, 0) is 9.59 Å². The average Bonchev–Trinajstić information content (AvgIpc) is 2.98. The summed E-state index contributed by atoms with van der Waals surface area (Å²) in [5.41, 5.74) is 2.43. The molecular formula is C31H26ClN3O4S. The van der Waals surface area contributed by atoms with Gasteiger partial charge in [-0.1, -0.05) is 41.9 Å². The van der Waals surface area contributed by atoms with Crippen molar-refractivity contribution in [2.24, 2.45) is 0 Å². The molecule has 0 aromatic heterocycles. The number of amides is 3. The van der Waals surface area contributed by atoms with Gasteiger partial charge in [-0.25, -0.2) is 0 Å². The molecule has 4 aromatic carbocycles. The van der Waals surface area contributed by atoms with Crippen molar-refractivity contribution in [2.75, 3.05) is 23.5 Å². The van der Waals surface area contributed by atoms with Gasteiger partial charge in [0.1, 0.15) is 11.4 Å². The largest absolute Gasteiger partial charge is 0.497 e. The van der Waals surface area contributed by atoms with Gasteiger partial charge in [0.25, 0.3) is 11.8 Å². The molecule has 3 amide bonds. The first kappa shape index (κ1) is 28.5. The SMILES string of the molecule is COc1ccc(/C=C(\NC(=O)c2ccccc2)C(=O)Nc2ccc(SCC(=O)Nc3ccc(Cl)cc3)cc2)cc1. The molecule has 4 rings (SSSR count). The molecule has 4 aromatic rings. The first-order valence-corrected chi connectivity index (χ1v) is 13.6. The summed E-state index contributed by atoms with van der Waals surface area (Å²) in [6.45, 7) is 0. The van der Waals surface area contributed by atoms with E-state index in [-0.39, 0.29) is 17.4 Å². The summed E-state index contributed by atoms with van der Waals surface area (Å²) in [7, 11) is 1.57. The Hall–Kier alpha value is -4.53. The normalized spacial score (nSPS) is 10.9. The van der Waals surface area contributed by atoms with Crippen LogP contribution in [0, 0.1) is 0 Å². The fourth-order valence-corrected chi connectivity index (χ4v) is 4.35. The molecule has 7 nitrogen and oxygen atoms in total. The van der Waals surface area contributed by atoms with Crippen LogP contribution in [0.4, 0.5) is 11.4 Å². The Balaban J connectivity index is 1.40. The van der Waals surface area contributed by atoms with E-state index in [9.17, 15) is 14.4 Å². The number of benzene rings is 4. The fourth-order valence-electron chi connectivity index (χ4n) is 3.52. The predicted octanol–water partition coefficient (Wildman–Crippen LogP) is 6.49. The quantitative estimate of drug-likeness (QED) is 0.149. The van der Waals surface area contributed by atoms with E-state index < -0.39 is 11.8 Å². The Bertz CT molecular complexity index is 1490. The maximum atomic E-state index is 13.2. The molecule has 0 fully saturated rings. The second-order valence-electron chi connectivity index (χ2n) is 8.47. The Morgan fingerprint density at radius 1 is 0.800 bits per heavy atom. The highest BCUT2D eigenvalue weighted by Crippen LogP contribution is 2.22. The summed E-state index contributed by atoms with van der Waals surface area (Å²) < 4.78 is 5.20. The molecule has 202 valence electrons. The summed E-state index contributed by atoms with van der Waals surface area (Å²) in [6.07, 6.45) is 1.60. The third kappa shape index (κ3) is 8.49. The zero-order valence-electron chi connectivity index (χ0n) is 21.5. The second kappa shape index (κ2) is 14.0. The number of methoxy groups -OCH3 is 1. The number of carbonyl (C=O) groups is 3. The molecule has 0 radical (unpaired) electrons. The number of nitrogens with one attached hydrogen (secondary N) is 3. The van der Waals surface area contributed by atoms with Crippen molar-refractivity contribution in [3.8, 4) is 5.75 Å². The number of thioether (sulfide) groups is 1. The minimum absolute atomic E-state index is 0.0799. The number of ether oxygens (including phenoxy) is 1. The Labute approximate surface area is 241 Å². The van der Waals surface area contributed by atoms with Crippen LogP contribution in [0.3, 0.4) is 0 Å². The van der Waals surface area contributed by atoms with Gasteiger partial charge in [0.2, 0.25) is 5.91 Å². The van der Waals surface area contributed by atoms with Crippen molar-refractivity contribution in [2.45, 2.75) is 4.90 Å². The van der Waals surface area contributed by atoms with Gasteiger partial charge in [-0.15, -0.1) is 11.8 Å². The van der Waals surface area contributed by atoms with Crippen molar-refractivity contribution < 1.29 is 19.1 Å². The van der Waals surface area contributed by atoms with Crippen LogP contribution < -0.4 is 20.7 Å². The van der Waals surface area contributed by atoms with Crippen LogP contribution >= 0.6 is 23.4 Å². The predicted molar refractivity (Wildman–Crippen MR) is 161 cm³/mol. The molecule has 0 aliphatic carbocycles. The smallest absolute Gasteiger partial charge is 0.272 e. The van der Waals surface area contributed by atoms with E-state index in [4.69, 9.17) is 16.3 Å². The number of anilines is 2. The standard InChI is InChI=1S/C31H26ClN3O4S/c1-39-26-15-7-21(8-16-26)19-28(35-30(37)22-5-3-2-4-6-22)31(38)34-25-13-17-27(18-14-25)40-20-29(36)33-24-11-9-23(32)10-12-24/h2-19H,20H2,1H3,(H,33,36)(H,34,38)(H,35,37)/b28-19-. The molecular weight excluding hydrogens is 546 g/mol. The first-order valence-electron chi connectivity index (χ1n) is 12.2. The monoisotopic (exact) mass is 571 g/mol. The van der Waals surface area contributed by atoms with Gasteiger partial charge in [-0.05, 0) is 84.4 Å². The molecule has 3 N–H and O–H groups in total. The number of halogens is 1. The highest BCUT2D eigenvalue weighted by molar-refractivity contribution is 8.00. The van der Waals surface area contributed by atoms with Gasteiger partial charge in [-0.2, -0.15) is 0 Å². The lowest BCUT2D eigenvalue weighted by Gasteiger charge is -2.12. The van der Waals surface area contributed by atoms with Crippen LogP contribution in [0.2, 0.25) is 5.02 Å². The number of rotatable bonds is 10. The number of hydrogen-bond donors (Lipinski definition) is 3. The molecule has 0 heterocycles. The average molecular weight is 572 g/mol. The zero-order chi connectivity index (χ0) is 28.3. The first-order chi connectivity index (χ1) is 19.4. The lowest BCUT2D eigenvalue weighted by Crippen LogP contribution is -2.30. The van der Waals surface area contributed by atoms with E-state index in [0.717, 1.165) is 4.90 Å². The third-order valence-corrected chi connectivity index (χ3v) is 6.83.